The maximum Gasteiger partial charge on any atom is 0.416 e. The highest BCUT2D eigenvalue weighted by Crippen LogP contribution is 2.33. The van der Waals surface area contributed by atoms with E-state index in [0.29, 0.717) is 5.76 Å². The smallest absolute Gasteiger partial charge is 0.416 e. The molecular formula is C22H20F5N7O4. The molecule has 5 N–H and O–H groups in total. The summed E-state index contributed by atoms with van der Waals surface area (Å²) in [5, 5.41) is 16.7. The largest absolute Gasteiger partial charge is 0.476 e. The molecule has 202 valence electrons. The van der Waals surface area contributed by atoms with Crippen LogP contribution in [0.3, 0.4) is 0 Å². The van der Waals surface area contributed by atoms with Gasteiger partial charge in [0.25, 0.3) is 0 Å². The zero-order valence-corrected chi connectivity index (χ0v) is 19.7. The standard InChI is InChI=1S/C12H8F3NO3.C10H12F2N6O/c1-6-16-9(11(17)18)10(19-6)7-3-2-4-8(5-7)12(13,14)15;1-10(11,12)7-3-2-6(19-7)5-18-15-4-8(17-18)16-9(13)14/h2-5H,1H3,(H,17,18);2-4H,5H2,1H3,(H4,13,14,16,17). The van der Waals surface area contributed by atoms with Crippen LogP contribution in [0.25, 0.3) is 11.3 Å². The van der Waals surface area contributed by atoms with Crippen LogP contribution in [0.15, 0.2) is 56.4 Å². The molecule has 3 heterocycles. The van der Waals surface area contributed by atoms with E-state index < -0.39 is 35.1 Å². The number of carboxylic acid groups (broad SMARTS) is 1. The van der Waals surface area contributed by atoms with E-state index in [1.54, 1.807) is 0 Å². The second-order valence-electron chi connectivity index (χ2n) is 7.72. The van der Waals surface area contributed by atoms with Crippen molar-refractivity contribution in [1.29, 1.82) is 0 Å². The fourth-order valence-corrected chi connectivity index (χ4v) is 2.99. The Morgan fingerprint density at radius 3 is 2.42 bits per heavy atom. The molecule has 0 aliphatic carbocycles. The molecule has 0 amide bonds. The van der Waals surface area contributed by atoms with Crippen molar-refractivity contribution in [3.63, 3.8) is 0 Å². The second-order valence-corrected chi connectivity index (χ2v) is 7.72. The average molecular weight is 541 g/mol. The van der Waals surface area contributed by atoms with E-state index in [9.17, 15) is 26.7 Å². The molecule has 0 bridgehead atoms. The van der Waals surface area contributed by atoms with Crippen LogP contribution < -0.4 is 11.5 Å². The number of rotatable bonds is 6. The molecule has 3 aromatic heterocycles. The summed E-state index contributed by atoms with van der Waals surface area (Å²) in [5.74, 6) is -4.49. The van der Waals surface area contributed by atoms with Crippen LogP contribution in [0.5, 0.6) is 0 Å². The fraction of sp³-hybridized carbons (Fsp3) is 0.227. The molecule has 11 nitrogen and oxygen atoms in total. The topological polar surface area (TPSA) is 172 Å². The molecule has 0 spiro atoms. The van der Waals surface area contributed by atoms with Gasteiger partial charge in [0, 0.05) is 19.4 Å². The first-order chi connectivity index (χ1) is 17.6. The fourth-order valence-electron chi connectivity index (χ4n) is 2.99. The summed E-state index contributed by atoms with van der Waals surface area (Å²) in [6, 6.07) is 6.90. The molecule has 1 aromatic carbocycles. The molecule has 4 aromatic rings. The van der Waals surface area contributed by atoms with E-state index in [4.69, 9.17) is 25.4 Å². The number of aromatic carboxylic acids is 1. The quantitative estimate of drug-likeness (QED) is 0.183. The summed E-state index contributed by atoms with van der Waals surface area (Å²) >= 11 is 0. The number of aryl methyl sites for hydroxylation is 1. The van der Waals surface area contributed by atoms with Crippen LogP contribution in [-0.4, -0.2) is 37.0 Å². The summed E-state index contributed by atoms with van der Waals surface area (Å²) in [7, 11) is 0. The summed E-state index contributed by atoms with van der Waals surface area (Å²) in [6.45, 7) is 2.29. The summed E-state index contributed by atoms with van der Waals surface area (Å²) in [5.41, 5.74) is 9.11. The number of carbonyl (C=O) groups is 1. The highest BCUT2D eigenvalue weighted by Gasteiger charge is 2.31. The minimum atomic E-state index is -4.51. The van der Waals surface area contributed by atoms with Gasteiger partial charge in [-0.1, -0.05) is 12.1 Å². The highest BCUT2D eigenvalue weighted by molar-refractivity contribution is 5.92. The van der Waals surface area contributed by atoms with Gasteiger partial charge in [-0.3, -0.25) is 0 Å². The van der Waals surface area contributed by atoms with Crippen LogP contribution in [0.4, 0.5) is 27.8 Å². The number of benzene rings is 1. The van der Waals surface area contributed by atoms with Crippen molar-refractivity contribution in [2.45, 2.75) is 32.5 Å². The number of halogens is 5. The Morgan fingerprint density at radius 1 is 1.13 bits per heavy atom. The van der Waals surface area contributed by atoms with Gasteiger partial charge in [0.2, 0.25) is 0 Å². The third-order valence-electron chi connectivity index (χ3n) is 4.55. The van der Waals surface area contributed by atoms with Crippen molar-refractivity contribution in [2.75, 3.05) is 0 Å². The van der Waals surface area contributed by atoms with E-state index in [-0.39, 0.29) is 35.5 Å². The maximum atomic E-state index is 13.0. The molecule has 0 unspecified atom stereocenters. The Balaban J connectivity index is 0.000000211. The first-order valence-corrected chi connectivity index (χ1v) is 10.5. The van der Waals surface area contributed by atoms with Crippen LogP contribution in [0.1, 0.15) is 40.4 Å². The normalized spacial score (nSPS) is 11.6. The van der Waals surface area contributed by atoms with Gasteiger partial charge in [-0.05, 0) is 24.3 Å². The van der Waals surface area contributed by atoms with Gasteiger partial charge >= 0.3 is 18.1 Å². The number of oxazole rings is 1. The van der Waals surface area contributed by atoms with Gasteiger partial charge in [0.1, 0.15) is 12.3 Å². The number of nitrogens with zero attached hydrogens (tertiary/aromatic N) is 5. The molecule has 0 saturated heterocycles. The third-order valence-corrected chi connectivity index (χ3v) is 4.55. The van der Waals surface area contributed by atoms with Gasteiger partial charge in [-0.25, -0.2) is 9.78 Å². The first kappa shape index (κ1) is 27.8. The van der Waals surface area contributed by atoms with Crippen molar-refractivity contribution in [3.8, 4) is 11.3 Å². The Kier molecular flexibility index (Phi) is 7.83. The minimum absolute atomic E-state index is 0.0211. The highest BCUT2D eigenvalue weighted by atomic mass is 19.4. The Morgan fingerprint density at radius 2 is 1.84 bits per heavy atom. The minimum Gasteiger partial charge on any atom is -0.476 e. The molecule has 4 rings (SSSR count). The SMILES string of the molecule is CC(F)(F)c1ccc(Cn2ncc(N=C(N)N)n2)o1.Cc1nc(C(=O)O)c(-c2cccc(C(F)(F)F)c2)o1. The third kappa shape index (κ3) is 7.14. The van der Waals surface area contributed by atoms with E-state index in [1.807, 2.05) is 0 Å². The van der Waals surface area contributed by atoms with E-state index in [0.717, 1.165) is 19.1 Å². The van der Waals surface area contributed by atoms with E-state index >= 15 is 0 Å². The zero-order valence-electron chi connectivity index (χ0n) is 19.7. The molecule has 0 aliphatic rings. The number of alkyl halides is 5. The Bertz CT molecular complexity index is 1450. The van der Waals surface area contributed by atoms with Crippen molar-refractivity contribution in [3.05, 3.63) is 71.3 Å². The monoisotopic (exact) mass is 541 g/mol. The molecule has 0 radical (unpaired) electrons. The number of furan rings is 1. The molecule has 0 atom stereocenters. The zero-order chi connectivity index (χ0) is 28.3. The van der Waals surface area contributed by atoms with Gasteiger partial charge in [-0.2, -0.15) is 36.8 Å². The predicted molar refractivity (Wildman–Crippen MR) is 122 cm³/mol. The second kappa shape index (κ2) is 10.7. The lowest BCUT2D eigenvalue weighted by molar-refractivity contribution is -0.137. The molecule has 0 aliphatic heterocycles. The van der Waals surface area contributed by atoms with Crippen LogP contribution in [0.2, 0.25) is 0 Å². The number of hydrogen-bond donors (Lipinski definition) is 3. The van der Waals surface area contributed by atoms with Crippen molar-refractivity contribution < 1.29 is 40.7 Å². The van der Waals surface area contributed by atoms with Crippen LogP contribution >= 0.6 is 0 Å². The van der Waals surface area contributed by atoms with E-state index in [2.05, 4.69) is 20.2 Å². The van der Waals surface area contributed by atoms with Crippen molar-refractivity contribution in [2.24, 2.45) is 16.5 Å². The summed E-state index contributed by atoms with van der Waals surface area (Å²) < 4.78 is 73.8. The van der Waals surface area contributed by atoms with Gasteiger partial charge in [-0.15, -0.1) is 5.10 Å². The number of carboxylic acids is 1. The first-order valence-electron chi connectivity index (χ1n) is 10.5. The molecule has 16 heteroatoms. The van der Waals surface area contributed by atoms with Crippen molar-refractivity contribution in [1.82, 2.24) is 20.0 Å². The molecule has 38 heavy (non-hydrogen) atoms. The van der Waals surface area contributed by atoms with Crippen LogP contribution in [-0.2, 0) is 18.6 Å². The number of nitrogens with two attached hydrogens (primary N) is 2. The number of aliphatic imine (C=N–C) groups is 1. The average Bonchev–Trinajstić information content (AvgIpc) is 3.54. The van der Waals surface area contributed by atoms with Crippen molar-refractivity contribution >= 4 is 17.7 Å². The summed E-state index contributed by atoms with van der Waals surface area (Å²) in [6.07, 6.45) is -3.16. The summed E-state index contributed by atoms with van der Waals surface area (Å²) in [4.78, 5) is 19.5. The number of hydrogen-bond acceptors (Lipinski definition) is 7. The van der Waals surface area contributed by atoms with Crippen LogP contribution in [0, 0.1) is 6.92 Å². The lowest BCUT2D eigenvalue weighted by atomic mass is 10.1. The predicted octanol–water partition coefficient (Wildman–Crippen LogP) is 4.30. The number of guanidine groups is 1. The molecule has 0 fully saturated rings. The van der Waals surface area contributed by atoms with Gasteiger partial charge in [0.15, 0.2) is 34.9 Å². The van der Waals surface area contributed by atoms with Gasteiger partial charge in [0.05, 0.1) is 11.8 Å². The molecule has 0 saturated carbocycles. The van der Waals surface area contributed by atoms with Gasteiger partial charge < -0.3 is 25.4 Å². The Labute approximate surface area is 210 Å². The Hall–Kier alpha value is -4.76. The lowest BCUT2D eigenvalue weighted by Crippen LogP contribution is -2.21. The lowest BCUT2D eigenvalue weighted by Gasteiger charge is -2.07. The van der Waals surface area contributed by atoms with E-state index in [1.165, 1.54) is 42.2 Å². The number of aromatic nitrogens is 4. The molecular weight excluding hydrogens is 521 g/mol. The maximum absolute atomic E-state index is 13.0.